The number of amides is 2. The smallest absolute Gasteiger partial charge is 0.351 e. The van der Waals surface area contributed by atoms with Gasteiger partial charge in [0.25, 0.3) is 0 Å². The second kappa shape index (κ2) is 5.35. The highest BCUT2D eigenvalue weighted by Crippen LogP contribution is 1.94. The molecule has 0 saturated carbocycles. The van der Waals surface area contributed by atoms with Crippen molar-refractivity contribution >= 4 is 12.0 Å². The van der Waals surface area contributed by atoms with Gasteiger partial charge in [0.15, 0.2) is 0 Å². The molecule has 0 unspecified atom stereocenters. The van der Waals surface area contributed by atoms with E-state index in [0.29, 0.717) is 31.8 Å². The number of urea groups is 1. The average molecular weight is 213 g/mol. The summed E-state index contributed by atoms with van der Waals surface area (Å²) in [5.74, 6) is -0.485. The van der Waals surface area contributed by atoms with Crippen LogP contribution in [0.3, 0.4) is 0 Å². The normalized spacial score (nSPS) is 15.0. The molecule has 6 heteroatoms. The molecule has 0 aromatic heterocycles. The van der Waals surface area contributed by atoms with Crippen molar-refractivity contribution in [2.24, 2.45) is 0 Å². The molecule has 1 aliphatic rings. The molecule has 2 N–H and O–H groups in total. The van der Waals surface area contributed by atoms with Gasteiger partial charge >= 0.3 is 12.0 Å². The van der Waals surface area contributed by atoms with Crippen molar-refractivity contribution in [2.75, 3.05) is 26.2 Å². The zero-order valence-electron chi connectivity index (χ0n) is 8.71. The number of nitrogens with one attached hydrogen (secondary N) is 2. The van der Waals surface area contributed by atoms with Crippen LogP contribution in [-0.4, -0.2) is 43.1 Å². The van der Waals surface area contributed by atoms with Crippen LogP contribution >= 0.6 is 0 Å². The third-order valence-corrected chi connectivity index (χ3v) is 1.94. The fourth-order valence-electron chi connectivity index (χ4n) is 1.11. The van der Waals surface area contributed by atoms with Gasteiger partial charge in [-0.15, -0.1) is 0 Å². The number of carbonyl (C=O) groups is 2. The van der Waals surface area contributed by atoms with Crippen molar-refractivity contribution in [3.05, 3.63) is 12.2 Å². The van der Waals surface area contributed by atoms with Crippen LogP contribution in [0.25, 0.3) is 0 Å². The molecule has 0 radical (unpaired) electrons. The standard InChI is InChI=1S/C9H15N3O3/c1-7(2)8(13)15-11-4-6-12-5-3-10-9(12)14/h11H,1,3-6H2,2H3,(H,10,14). The topological polar surface area (TPSA) is 70.7 Å². The Hall–Kier alpha value is -1.56. The largest absolute Gasteiger partial charge is 0.367 e. The molecular formula is C9H15N3O3. The Morgan fingerprint density at radius 2 is 2.47 bits per heavy atom. The molecule has 15 heavy (non-hydrogen) atoms. The zero-order chi connectivity index (χ0) is 11.3. The van der Waals surface area contributed by atoms with Crippen LogP contribution in [-0.2, 0) is 9.63 Å². The van der Waals surface area contributed by atoms with Crippen molar-refractivity contribution < 1.29 is 14.4 Å². The van der Waals surface area contributed by atoms with E-state index in [1.165, 1.54) is 0 Å². The summed E-state index contributed by atoms with van der Waals surface area (Å²) in [6, 6.07) is -0.0805. The average Bonchev–Trinajstić information content (AvgIpc) is 2.58. The molecule has 84 valence electrons. The molecule has 0 aromatic carbocycles. The van der Waals surface area contributed by atoms with Crippen LogP contribution in [0.4, 0.5) is 4.79 Å². The maximum Gasteiger partial charge on any atom is 0.351 e. The minimum Gasteiger partial charge on any atom is -0.367 e. The van der Waals surface area contributed by atoms with Crippen molar-refractivity contribution in [2.45, 2.75) is 6.92 Å². The summed E-state index contributed by atoms with van der Waals surface area (Å²) in [7, 11) is 0. The van der Waals surface area contributed by atoms with E-state index in [-0.39, 0.29) is 6.03 Å². The van der Waals surface area contributed by atoms with E-state index in [1.807, 2.05) is 0 Å². The minimum absolute atomic E-state index is 0.0805. The number of hydrogen-bond acceptors (Lipinski definition) is 4. The molecule has 1 fully saturated rings. The molecule has 0 atom stereocenters. The van der Waals surface area contributed by atoms with Crippen molar-refractivity contribution in [3.8, 4) is 0 Å². The summed E-state index contributed by atoms with van der Waals surface area (Å²) in [4.78, 5) is 28.3. The van der Waals surface area contributed by atoms with Crippen LogP contribution in [0.15, 0.2) is 12.2 Å². The highest BCUT2D eigenvalue weighted by atomic mass is 16.7. The zero-order valence-corrected chi connectivity index (χ0v) is 8.71. The molecule has 2 amide bonds. The molecule has 1 aliphatic heterocycles. The van der Waals surface area contributed by atoms with Crippen LogP contribution in [0, 0.1) is 0 Å². The minimum atomic E-state index is -0.485. The summed E-state index contributed by atoms with van der Waals surface area (Å²) >= 11 is 0. The lowest BCUT2D eigenvalue weighted by atomic mass is 10.4. The third kappa shape index (κ3) is 3.59. The van der Waals surface area contributed by atoms with Crippen molar-refractivity contribution in [1.82, 2.24) is 15.7 Å². The fraction of sp³-hybridized carbons (Fsp3) is 0.556. The Morgan fingerprint density at radius 3 is 3.00 bits per heavy atom. The second-order valence-corrected chi connectivity index (χ2v) is 3.28. The quantitative estimate of drug-likeness (QED) is 0.371. The van der Waals surface area contributed by atoms with Gasteiger partial charge in [-0.25, -0.2) is 9.59 Å². The lowest BCUT2D eigenvalue weighted by molar-refractivity contribution is -0.146. The maximum atomic E-state index is 11.1. The first kappa shape index (κ1) is 11.5. The highest BCUT2D eigenvalue weighted by molar-refractivity contribution is 5.86. The van der Waals surface area contributed by atoms with E-state index in [1.54, 1.807) is 11.8 Å². The van der Waals surface area contributed by atoms with E-state index in [4.69, 9.17) is 0 Å². The third-order valence-electron chi connectivity index (χ3n) is 1.94. The highest BCUT2D eigenvalue weighted by Gasteiger charge is 2.18. The Morgan fingerprint density at radius 1 is 1.73 bits per heavy atom. The van der Waals surface area contributed by atoms with Gasteiger partial charge in [0, 0.05) is 31.8 Å². The first-order valence-corrected chi connectivity index (χ1v) is 4.73. The van der Waals surface area contributed by atoms with Crippen molar-refractivity contribution in [3.63, 3.8) is 0 Å². The monoisotopic (exact) mass is 213 g/mol. The fourth-order valence-corrected chi connectivity index (χ4v) is 1.11. The van der Waals surface area contributed by atoms with Gasteiger partial charge in [0.1, 0.15) is 0 Å². The van der Waals surface area contributed by atoms with E-state index in [2.05, 4.69) is 22.2 Å². The molecule has 0 aromatic rings. The Kier molecular flexibility index (Phi) is 4.11. The predicted molar refractivity (Wildman–Crippen MR) is 53.9 cm³/mol. The Labute approximate surface area is 88.2 Å². The first-order valence-electron chi connectivity index (χ1n) is 4.73. The predicted octanol–water partition coefficient (Wildman–Crippen LogP) is -0.364. The summed E-state index contributed by atoms with van der Waals surface area (Å²) < 4.78 is 0. The van der Waals surface area contributed by atoms with Crippen molar-refractivity contribution in [1.29, 1.82) is 0 Å². The van der Waals surface area contributed by atoms with Crippen LogP contribution < -0.4 is 10.8 Å². The molecule has 6 nitrogen and oxygen atoms in total. The molecule has 1 rings (SSSR count). The molecule has 1 heterocycles. The molecule has 0 bridgehead atoms. The lowest BCUT2D eigenvalue weighted by Gasteiger charge is -2.13. The summed E-state index contributed by atoms with van der Waals surface area (Å²) in [5.41, 5.74) is 2.82. The van der Waals surface area contributed by atoms with Gasteiger partial charge in [-0.05, 0) is 6.92 Å². The van der Waals surface area contributed by atoms with Crippen LogP contribution in [0.1, 0.15) is 6.92 Å². The number of rotatable bonds is 5. The molecule has 0 spiro atoms. The molecular weight excluding hydrogens is 198 g/mol. The van der Waals surface area contributed by atoms with E-state index >= 15 is 0 Å². The number of hydrogen-bond donors (Lipinski definition) is 2. The SMILES string of the molecule is C=C(C)C(=O)ONCCN1CCNC1=O. The summed E-state index contributed by atoms with van der Waals surface area (Å²) in [5, 5.41) is 2.67. The molecule has 0 aliphatic carbocycles. The van der Waals surface area contributed by atoms with E-state index in [0.717, 1.165) is 0 Å². The van der Waals surface area contributed by atoms with Gasteiger partial charge in [-0.2, -0.15) is 5.48 Å². The summed E-state index contributed by atoms with van der Waals surface area (Å²) in [6.45, 7) is 7.28. The first-order chi connectivity index (χ1) is 7.11. The number of carbonyl (C=O) groups excluding carboxylic acids is 2. The molecule has 1 saturated heterocycles. The van der Waals surface area contributed by atoms with Crippen LogP contribution in [0.2, 0.25) is 0 Å². The number of hydroxylamine groups is 1. The number of nitrogens with zero attached hydrogens (tertiary/aromatic N) is 1. The van der Waals surface area contributed by atoms with Gasteiger partial charge in [0.2, 0.25) is 0 Å². The van der Waals surface area contributed by atoms with Gasteiger partial charge in [0.05, 0.1) is 0 Å². The van der Waals surface area contributed by atoms with Gasteiger partial charge in [-0.1, -0.05) is 6.58 Å². The second-order valence-electron chi connectivity index (χ2n) is 3.28. The van der Waals surface area contributed by atoms with Gasteiger partial charge in [-0.3, -0.25) is 0 Å². The van der Waals surface area contributed by atoms with E-state index < -0.39 is 5.97 Å². The lowest BCUT2D eigenvalue weighted by Crippen LogP contribution is -2.35. The Balaban J connectivity index is 2.09. The maximum absolute atomic E-state index is 11.1. The van der Waals surface area contributed by atoms with Gasteiger partial charge < -0.3 is 15.1 Å². The Bertz CT molecular complexity index is 278. The van der Waals surface area contributed by atoms with Crippen LogP contribution in [0.5, 0.6) is 0 Å². The summed E-state index contributed by atoms with van der Waals surface area (Å²) in [6.07, 6.45) is 0. The van der Waals surface area contributed by atoms with E-state index in [9.17, 15) is 9.59 Å².